The molecule has 11 nitrogen and oxygen atoms in total. The summed E-state index contributed by atoms with van der Waals surface area (Å²) in [6.45, 7) is 9.28. The van der Waals surface area contributed by atoms with E-state index in [0.29, 0.717) is 17.8 Å². The van der Waals surface area contributed by atoms with E-state index in [9.17, 15) is 29.7 Å². The molecule has 2 aromatic carbocycles. The highest BCUT2D eigenvalue weighted by molar-refractivity contribution is 5.97. The molecule has 0 spiro atoms. The van der Waals surface area contributed by atoms with Gasteiger partial charge in [0, 0.05) is 23.9 Å². The zero-order chi connectivity index (χ0) is 27.4. The lowest BCUT2D eigenvalue weighted by Crippen LogP contribution is -2.44. The first-order chi connectivity index (χ1) is 17.5. The number of phenols is 2. The van der Waals surface area contributed by atoms with Crippen LogP contribution >= 0.6 is 0 Å². The van der Waals surface area contributed by atoms with Crippen molar-refractivity contribution in [2.24, 2.45) is 5.92 Å². The molecule has 196 valence electrons. The monoisotopic (exact) mass is 509 g/mol. The number of nitrogens with one attached hydrogen (secondary N) is 2. The zero-order valence-corrected chi connectivity index (χ0v) is 21.3. The van der Waals surface area contributed by atoms with E-state index in [1.54, 1.807) is 39.0 Å². The average molecular weight is 510 g/mol. The minimum atomic E-state index is -1.13. The number of aliphatic carboxylic acids is 1. The predicted molar refractivity (Wildman–Crippen MR) is 136 cm³/mol. The Morgan fingerprint density at radius 3 is 2.14 bits per heavy atom. The lowest BCUT2D eigenvalue weighted by atomic mass is 9.98. The molecule has 2 amide bonds. The van der Waals surface area contributed by atoms with Gasteiger partial charge in [-0.05, 0) is 54.7 Å². The Bertz CT molecular complexity index is 1310. The third-order valence-electron chi connectivity index (χ3n) is 5.82. The molecule has 0 saturated heterocycles. The number of hydrogen-bond acceptors (Lipinski definition) is 7. The molecule has 1 heterocycles. The average Bonchev–Trinajstić information content (AvgIpc) is 3.27. The standard InChI is InChI=1S/C26H31N5O6/c1-6-27-25(35)23-30-29-22(18-11-17(13(2)3)19(32)12-20(18)33)31(23)16-9-7-15(8-10-16)24(34)28-21(14(4)5)26(36)37/h7-14,21,32-33H,6H2,1-5H3,(H,27,35)(H,28,34)(H,36,37). The Hall–Kier alpha value is -4.41. The minimum Gasteiger partial charge on any atom is -0.508 e. The molecule has 0 aliphatic rings. The summed E-state index contributed by atoms with van der Waals surface area (Å²) < 4.78 is 1.44. The topological polar surface area (TPSA) is 167 Å². The predicted octanol–water partition coefficient (Wildman–Crippen LogP) is 3.06. The van der Waals surface area contributed by atoms with Crippen LogP contribution < -0.4 is 10.6 Å². The number of aromatic nitrogens is 3. The van der Waals surface area contributed by atoms with E-state index in [4.69, 9.17) is 0 Å². The summed E-state index contributed by atoms with van der Waals surface area (Å²) in [6.07, 6.45) is 0. The first-order valence-corrected chi connectivity index (χ1v) is 11.9. The van der Waals surface area contributed by atoms with E-state index in [0.717, 1.165) is 0 Å². The van der Waals surface area contributed by atoms with Gasteiger partial charge in [0.2, 0.25) is 5.82 Å². The van der Waals surface area contributed by atoms with Crippen LogP contribution in [0.4, 0.5) is 0 Å². The second kappa shape index (κ2) is 11.1. The van der Waals surface area contributed by atoms with Crippen molar-refractivity contribution >= 4 is 17.8 Å². The molecule has 37 heavy (non-hydrogen) atoms. The third-order valence-corrected chi connectivity index (χ3v) is 5.82. The van der Waals surface area contributed by atoms with Gasteiger partial charge >= 0.3 is 5.97 Å². The summed E-state index contributed by atoms with van der Waals surface area (Å²) in [5, 5.41) is 43.6. The molecule has 1 aromatic heterocycles. The second-order valence-corrected chi connectivity index (χ2v) is 9.21. The molecule has 11 heteroatoms. The fourth-order valence-electron chi connectivity index (χ4n) is 3.83. The molecule has 1 unspecified atom stereocenters. The maximum Gasteiger partial charge on any atom is 0.326 e. The number of carboxylic acids is 1. The van der Waals surface area contributed by atoms with Gasteiger partial charge in [0.15, 0.2) is 5.82 Å². The molecular weight excluding hydrogens is 478 g/mol. The number of rotatable bonds is 9. The van der Waals surface area contributed by atoms with Crippen molar-refractivity contribution in [3.63, 3.8) is 0 Å². The van der Waals surface area contributed by atoms with Crippen LogP contribution in [0.1, 0.15) is 67.1 Å². The van der Waals surface area contributed by atoms with Crippen LogP contribution in [0.25, 0.3) is 17.1 Å². The van der Waals surface area contributed by atoms with Crippen molar-refractivity contribution in [1.82, 2.24) is 25.4 Å². The van der Waals surface area contributed by atoms with Gasteiger partial charge in [-0.25, -0.2) is 4.79 Å². The van der Waals surface area contributed by atoms with E-state index in [2.05, 4.69) is 20.8 Å². The van der Waals surface area contributed by atoms with Gasteiger partial charge in [-0.2, -0.15) is 0 Å². The number of hydrogen-bond donors (Lipinski definition) is 5. The largest absolute Gasteiger partial charge is 0.508 e. The van der Waals surface area contributed by atoms with Gasteiger partial charge in [0.05, 0.1) is 5.56 Å². The molecule has 0 bridgehead atoms. The molecule has 5 N–H and O–H groups in total. The third kappa shape index (κ3) is 5.71. The highest BCUT2D eigenvalue weighted by atomic mass is 16.4. The summed E-state index contributed by atoms with van der Waals surface area (Å²) in [5.74, 6) is -2.75. The molecule has 0 fully saturated rings. The quantitative estimate of drug-likeness (QED) is 0.293. The van der Waals surface area contributed by atoms with Crippen LogP contribution in [0.3, 0.4) is 0 Å². The fourth-order valence-corrected chi connectivity index (χ4v) is 3.83. The zero-order valence-electron chi connectivity index (χ0n) is 21.3. The molecule has 1 atom stereocenters. The number of carboxylic acid groups (broad SMARTS) is 1. The summed E-state index contributed by atoms with van der Waals surface area (Å²) in [7, 11) is 0. The van der Waals surface area contributed by atoms with Crippen molar-refractivity contribution in [1.29, 1.82) is 0 Å². The Balaban J connectivity index is 2.10. The number of aromatic hydroxyl groups is 2. The van der Waals surface area contributed by atoms with Gasteiger partial charge in [0.1, 0.15) is 17.5 Å². The van der Waals surface area contributed by atoms with Crippen LogP contribution in [0, 0.1) is 5.92 Å². The van der Waals surface area contributed by atoms with E-state index in [-0.39, 0.29) is 46.1 Å². The van der Waals surface area contributed by atoms with E-state index in [1.807, 2.05) is 13.8 Å². The number of carbonyl (C=O) groups is 3. The highest BCUT2D eigenvalue weighted by Crippen LogP contribution is 2.38. The lowest BCUT2D eigenvalue weighted by Gasteiger charge is -2.18. The van der Waals surface area contributed by atoms with Crippen LogP contribution in [0.2, 0.25) is 0 Å². The van der Waals surface area contributed by atoms with Crippen molar-refractivity contribution < 1.29 is 29.7 Å². The van der Waals surface area contributed by atoms with E-state index >= 15 is 0 Å². The maximum absolute atomic E-state index is 12.8. The summed E-state index contributed by atoms with van der Waals surface area (Å²) in [6, 6.07) is 7.88. The molecule has 3 aromatic rings. The van der Waals surface area contributed by atoms with Crippen LogP contribution in [-0.4, -0.2) is 60.5 Å². The number of nitrogens with zero attached hydrogens (tertiary/aromatic N) is 3. The molecule has 0 radical (unpaired) electrons. The molecule has 0 aliphatic heterocycles. The lowest BCUT2D eigenvalue weighted by molar-refractivity contribution is -0.140. The van der Waals surface area contributed by atoms with Crippen molar-refractivity contribution in [3.05, 3.63) is 53.3 Å². The fraction of sp³-hybridized carbons (Fsp3) is 0.346. The van der Waals surface area contributed by atoms with Crippen LogP contribution in [0.15, 0.2) is 36.4 Å². The van der Waals surface area contributed by atoms with Crippen LogP contribution in [0.5, 0.6) is 11.5 Å². The maximum atomic E-state index is 12.8. The summed E-state index contributed by atoms with van der Waals surface area (Å²) in [4.78, 5) is 36.9. The van der Waals surface area contributed by atoms with E-state index < -0.39 is 23.8 Å². The van der Waals surface area contributed by atoms with Gasteiger partial charge in [-0.1, -0.05) is 27.7 Å². The summed E-state index contributed by atoms with van der Waals surface area (Å²) >= 11 is 0. The molecule has 0 saturated carbocycles. The molecule has 0 aliphatic carbocycles. The minimum absolute atomic E-state index is 0.0432. The number of amides is 2. The first-order valence-electron chi connectivity index (χ1n) is 11.9. The first kappa shape index (κ1) is 27.2. The van der Waals surface area contributed by atoms with Gasteiger partial charge in [-0.3, -0.25) is 14.2 Å². The van der Waals surface area contributed by atoms with Crippen molar-refractivity contribution in [2.75, 3.05) is 6.54 Å². The van der Waals surface area contributed by atoms with Gasteiger partial charge in [-0.15, -0.1) is 10.2 Å². The van der Waals surface area contributed by atoms with E-state index in [1.165, 1.54) is 22.8 Å². The Morgan fingerprint density at radius 2 is 1.59 bits per heavy atom. The normalized spacial score (nSPS) is 12.0. The Labute approximate surface area is 214 Å². The number of carbonyl (C=O) groups excluding carboxylic acids is 2. The Kier molecular flexibility index (Phi) is 8.16. The molecule has 3 rings (SSSR count). The smallest absolute Gasteiger partial charge is 0.326 e. The highest BCUT2D eigenvalue weighted by Gasteiger charge is 2.26. The van der Waals surface area contributed by atoms with Gasteiger partial charge in [0.25, 0.3) is 11.8 Å². The summed E-state index contributed by atoms with van der Waals surface area (Å²) in [5.41, 5.74) is 1.48. The second-order valence-electron chi connectivity index (χ2n) is 9.21. The van der Waals surface area contributed by atoms with Crippen molar-refractivity contribution in [2.45, 2.75) is 46.6 Å². The molecular formula is C26H31N5O6. The van der Waals surface area contributed by atoms with Gasteiger partial charge < -0.3 is 26.0 Å². The number of phenolic OH excluding ortho intramolecular Hbond substituents is 2. The van der Waals surface area contributed by atoms with Crippen LogP contribution in [-0.2, 0) is 4.79 Å². The Morgan fingerprint density at radius 1 is 0.946 bits per heavy atom. The SMILES string of the molecule is CCNC(=O)c1nnc(-c2cc(C(C)C)c(O)cc2O)n1-c1ccc(C(=O)NC(C(=O)O)C(C)C)cc1. The number of benzene rings is 2. The van der Waals surface area contributed by atoms with Crippen molar-refractivity contribution in [3.8, 4) is 28.6 Å².